The van der Waals surface area contributed by atoms with Crippen LogP contribution in [-0.4, -0.2) is 13.0 Å². The molecule has 7 heteroatoms. The monoisotopic (exact) mass is 320 g/mol. The molecule has 0 radical (unpaired) electrons. The van der Waals surface area contributed by atoms with Crippen molar-refractivity contribution < 1.29 is 22.4 Å². The van der Waals surface area contributed by atoms with Crippen molar-refractivity contribution in [3.63, 3.8) is 0 Å². The standard InChI is InChI=1S/C16H11F3N2O2/c1-21-15(22)10(9-20)8-11-6-7-14(23-11)12-4-2-3-5-13(12)16(17,18)19/h2-8H,1H3,(H,21,22)/b10-8+. The smallest absolute Gasteiger partial charge is 0.417 e. The molecule has 4 nitrogen and oxygen atoms in total. The number of nitriles is 1. The maximum Gasteiger partial charge on any atom is 0.417 e. The van der Waals surface area contributed by atoms with Crippen LogP contribution in [0.2, 0.25) is 0 Å². The van der Waals surface area contributed by atoms with Gasteiger partial charge in [0.05, 0.1) is 5.56 Å². The van der Waals surface area contributed by atoms with Crippen molar-refractivity contribution in [2.45, 2.75) is 6.18 Å². The molecule has 0 aliphatic carbocycles. The molecule has 2 aromatic rings. The maximum atomic E-state index is 13.0. The molecule has 0 aliphatic heterocycles. The number of alkyl halides is 3. The van der Waals surface area contributed by atoms with Crippen molar-refractivity contribution in [2.75, 3.05) is 7.05 Å². The van der Waals surface area contributed by atoms with E-state index < -0.39 is 17.6 Å². The number of rotatable bonds is 3. The van der Waals surface area contributed by atoms with Crippen LogP contribution in [0.15, 0.2) is 46.4 Å². The number of carbonyl (C=O) groups is 1. The van der Waals surface area contributed by atoms with Crippen LogP contribution in [0.25, 0.3) is 17.4 Å². The van der Waals surface area contributed by atoms with Gasteiger partial charge in [-0.3, -0.25) is 4.79 Å². The lowest BCUT2D eigenvalue weighted by atomic mass is 10.1. The fourth-order valence-electron chi connectivity index (χ4n) is 1.95. The number of halogens is 3. The molecule has 0 aliphatic rings. The van der Waals surface area contributed by atoms with Crippen LogP contribution < -0.4 is 5.32 Å². The normalized spacial score (nSPS) is 11.9. The Labute approximate surface area is 129 Å². The van der Waals surface area contributed by atoms with Gasteiger partial charge in [-0.1, -0.05) is 18.2 Å². The summed E-state index contributed by atoms with van der Waals surface area (Å²) < 4.78 is 44.3. The van der Waals surface area contributed by atoms with Crippen LogP contribution in [0, 0.1) is 11.3 Å². The fraction of sp³-hybridized carbons (Fsp3) is 0.125. The number of benzene rings is 1. The van der Waals surface area contributed by atoms with E-state index in [2.05, 4.69) is 5.32 Å². The molecule has 0 fully saturated rings. The van der Waals surface area contributed by atoms with Crippen molar-refractivity contribution in [2.24, 2.45) is 0 Å². The molecular formula is C16H11F3N2O2. The van der Waals surface area contributed by atoms with Crippen LogP contribution >= 0.6 is 0 Å². The Kier molecular flexibility index (Phi) is 4.55. The minimum atomic E-state index is -4.51. The fourth-order valence-corrected chi connectivity index (χ4v) is 1.95. The number of carbonyl (C=O) groups excluding carboxylic acids is 1. The van der Waals surface area contributed by atoms with Crippen LogP contribution in [-0.2, 0) is 11.0 Å². The molecule has 0 bridgehead atoms. The summed E-state index contributed by atoms with van der Waals surface area (Å²) in [6, 6.07) is 9.44. The summed E-state index contributed by atoms with van der Waals surface area (Å²) >= 11 is 0. The molecule has 1 aromatic carbocycles. The van der Waals surface area contributed by atoms with Gasteiger partial charge in [-0.25, -0.2) is 0 Å². The average Bonchev–Trinajstić information content (AvgIpc) is 2.99. The van der Waals surface area contributed by atoms with E-state index in [1.54, 1.807) is 6.07 Å². The van der Waals surface area contributed by atoms with Crippen molar-refractivity contribution in [3.8, 4) is 17.4 Å². The summed E-state index contributed by atoms with van der Waals surface area (Å²) in [7, 11) is 1.36. The summed E-state index contributed by atoms with van der Waals surface area (Å²) in [6.07, 6.45) is -3.35. The average molecular weight is 320 g/mol. The molecule has 0 atom stereocenters. The van der Waals surface area contributed by atoms with E-state index in [-0.39, 0.29) is 22.7 Å². The zero-order valence-electron chi connectivity index (χ0n) is 11.9. The number of amides is 1. The van der Waals surface area contributed by atoms with Gasteiger partial charge < -0.3 is 9.73 Å². The molecule has 23 heavy (non-hydrogen) atoms. The second-order valence-electron chi connectivity index (χ2n) is 4.49. The highest BCUT2D eigenvalue weighted by Crippen LogP contribution is 2.37. The van der Waals surface area contributed by atoms with E-state index in [9.17, 15) is 18.0 Å². The highest BCUT2D eigenvalue weighted by molar-refractivity contribution is 6.01. The van der Waals surface area contributed by atoms with E-state index >= 15 is 0 Å². The lowest BCUT2D eigenvalue weighted by Gasteiger charge is -2.10. The quantitative estimate of drug-likeness (QED) is 0.694. The SMILES string of the molecule is CNC(=O)/C(C#N)=C/c1ccc(-c2ccccc2C(F)(F)F)o1. The van der Waals surface area contributed by atoms with Crippen LogP contribution in [0.4, 0.5) is 13.2 Å². The molecule has 118 valence electrons. The lowest BCUT2D eigenvalue weighted by Crippen LogP contribution is -2.18. The zero-order chi connectivity index (χ0) is 17.0. The van der Waals surface area contributed by atoms with Gasteiger partial charge in [-0.2, -0.15) is 18.4 Å². The van der Waals surface area contributed by atoms with Crippen LogP contribution in [0.5, 0.6) is 0 Å². The second kappa shape index (κ2) is 6.40. The maximum absolute atomic E-state index is 13.0. The number of hydrogen-bond acceptors (Lipinski definition) is 3. The molecule has 0 spiro atoms. The first kappa shape index (κ1) is 16.4. The highest BCUT2D eigenvalue weighted by Gasteiger charge is 2.34. The molecule has 0 saturated carbocycles. The Morgan fingerprint density at radius 2 is 1.96 bits per heavy atom. The summed E-state index contributed by atoms with van der Waals surface area (Å²) in [4.78, 5) is 11.4. The van der Waals surface area contributed by atoms with Gasteiger partial charge >= 0.3 is 6.18 Å². The summed E-state index contributed by atoms with van der Waals surface area (Å²) in [6.45, 7) is 0. The predicted molar refractivity (Wildman–Crippen MR) is 76.8 cm³/mol. The van der Waals surface area contributed by atoms with Crippen molar-refractivity contribution in [1.82, 2.24) is 5.32 Å². The first-order valence-corrected chi connectivity index (χ1v) is 6.47. The highest BCUT2D eigenvalue weighted by atomic mass is 19.4. The van der Waals surface area contributed by atoms with Crippen LogP contribution in [0.1, 0.15) is 11.3 Å². The molecule has 1 amide bonds. The molecule has 1 N–H and O–H groups in total. The Morgan fingerprint density at radius 3 is 2.57 bits per heavy atom. The van der Waals surface area contributed by atoms with Crippen molar-refractivity contribution >= 4 is 12.0 Å². The van der Waals surface area contributed by atoms with Gasteiger partial charge in [-0.15, -0.1) is 0 Å². The topological polar surface area (TPSA) is 66.0 Å². The Hall–Kier alpha value is -3.01. The Morgan fingerprint density at radius 1 is 1.26 bits per heavy atom. The van der Waals surface area contributed by atoms with Gasteiger partial charge in [0.2, 0.25) is 0 Å². The van der Waals surface area contributed by atoms with E-state index in [0.717, 1.165) is 6.07 Å². The molecule has 1 aromatic heterocycles. The number of likely N-dealkylation sites (N-methyl/N-ethyl adjacent to an activating group) is 1. The van der Waals surface area contributed by atoms with Gasteiger partial charge in [0.15, 0.2) is 0 Å². The molecular weight excluding hydrogens is 309 g/mol. The van der Waals surface area contributed by atoms with E-state index in [1.165, 1.54) is 43.5 Å². The first-order valence-electron chi connectivity index (χ1n) is 6.47. The van der Waals surface area contributed by atoms with Crippen molar-refractivity contribution in [1.29, 1.82) is 5.26 Å². The minimum Gasteiger partial charge on any atom is -0.457 e. The zero-order valence-corrected chi connectivity index (χ0v) is 11.9. The van der Waals surface area contributed by atoms with Crippen LogP contribution in [0.3, 0.4) is 0 Å². The summed E-state index contributed by atoms with van der Waals surface area (Å²) in [5.41, 5.74) is -1.15. The minimum absolute atomic E-state index is 0.00151. The number of nitrogens with one attached hydrogen (secondary N) is 1. The predicted octanol–water partition coefficient (Wildman–Crippen LogP) is 3.62. The van der Waals surface area contributed by atoms with Gasteiger partial charge in [0, 0.05) is 18.7 Å². The van der Waals surface area contributed by atoms with Crippen molar-refractivity contribution in [3.05, 3.63) is 53.3 Å². The molecule has 1 heterocycles. The first-order chi connectivity index (χ1) is 10.9. The second-order valence-corrected chi connectivity index (χ2v) is 4.49. The molecule has 0 saturated heterocycles. The number of nitrogens with zero attached hydrogens (tertiary/aromatic N) is 1. The Bertz CT molecular complexity index is 798. The van der Waals surface area contributed by atoms with E-state index in [0.29, 0.717) is 0 Å². The van der Waals surface area contributed by atoms with Gasteiger partial charge in [0.25, 0.3) is 5.91 Å². The summed E-state index contributed by atoms with van der Waals surface area (Å²) in [5.74, 6) is -0.503. The van der Waals surface area contributed by atoms with Gasteiger partial charge in [0.1, 0.15) is 23.2 Å². The number of furan rings is 1. The molecule has 0 unspecified atom stereocenters. The third kappa shape index (κ3) is 3.61. The third-order valence-electron chi connectivity index (χ3n) is 3.00. The largest absolute Gasteiger partial charge is 0.457 e. The Balaban J connectivity index is 2.44. The number of hydrogen-bond donors (Lipinski definition) is 1. The summed E-state index contributed by atoms with van der Waals surface area (Å²) in [5, 5.41) is 11.2. The van der Waals surface area contributed by atoms with Gasteiger partial charge in [-0.05, 0) is 18.2 Å². The lowest BCUT2D eigenvalue weighted by molar-refractivity contribution is -0.137. The molecule has 2 rings (SSSR count). The van der Waals surface area contributed by atoms with E-state index in [1.807, 2.05) is 0 Å². The third-order valence-corrected chi connectivity index (χ3v) is 3.00. The van der Waals surface area contributed by atoms with E-state index in [4.69, 9.17) is 9.68 Å².